The molecule has 2 aromatic carbocycles. The third-order valence-corrected chi connectivity index (χ3v) is 8.48. The zero-order valence-corrected chi connectivity index (χ0v) is 28.3. The van der Waals surface area contributed by atoms with Gasteiger partial charge in [-0.2, -0.15) is 0 Å². The fraction of sp³-hybridized carbons (Fsp3) is 0.486. The molecule has 0 spiro atoms. The first-order valence-electron chi connectivity index (χ1n) is 16.3. The molecule has 0 saturated heterocycles. The second-order valence-corrected chi connectivity index (χ2v) is 12.9. The zero-order chi connectivity index (χ0) is 34.5. The van der Waals surface area contributed by atoms with E-state index in [-0.39, 0.29) is 30.6 Å². The van der Waals surface area contributed by atoms with Crippen LogP contribution in [-0.2, 0) is 41.7 Å². The molecule has 0 fully saturated rings. The number of esters is 1. The summed E-state index contributed by atoms with van der Waals surface area (Å²) in [5, 5.41) is 8.42. The number of nitrogens with one attached hydrogen (secondary N) is 3. The number of carbonyl (C=O) groups is 5. The molecule has 254 valence electrons. The van der Waals surface area contributed by atoms with Gasteiger partial charge in [0.15, 0.2) is 0 Å². The predicted octanol–water partition coefficient (Wildman–Crippen LogP) is 4.91. The number of rotatable bonds is 14. The number of allylic oxidation sites excluding steroid dienone is 1. The Bertz CT molecular complexity index is 1390. The van der Waals surface area contributed by atoms with E-state index in [1.54, 1.807) is 27.7 Å². The number of amides is 3. The smallest absolute Gasteiger partial charge is 0.407 e. The molecule has 0 heterocycles. The number of ketones is 1. The molecule has 10 heteroatoms. The maximum atomic E-state index is 13.9. The van der Waals surface area contributed by atoms with Crippen molar-refractivity contribution in [3.63, 3.8) is 0 Å². The van der Waals surface area contributed by atoms with Crippen LogP contribution in [0, 0.1) is 23.7 Å². The summed E-state index contributed by atoms with van der Waals surface area (Å²) in [5.41, 5.74) is 2.75. The molecule has 3 amide bonds. The Hall–Kier alpha value is -4.47. The van der Waals surface area contributed by atoms with Crippen molar-refractivity contribution in [1.29, 1.82) is 0 Å². The summed E-state index contributed by atoms with van der Waals surface area (Å²) < 4.78 is 10.3. The van der Waals surface area contributed by atoms with E-state index in [0.29, 0.717) is 19.3 Å². The van der Waals surface area contributed by atoms with Crippen molar-refractivity contribution in [2.45, 2.75) is 85.0 Å². The quantitative estimate of drug-likeness (QED) is 0.196. The third kappa shape index (κ3) is 11.4. The van der Waals surface area contributed by atoms with Crippen molar-refractivity contribution in [2.24, 2.45) is 23.7 Å². The van der Waals surface area contributed by atoms with Gasteiger partial charge >= 0.3 is 12.1 Å². The number of hydrogen-bond acceptors (Lipinski definition) is 7. The molecule has 2 unspecified atom stereocenters. The number of carbonyl (C=O) groups excluding carboxylic acids is 5. The van der Waals surface area contributed by atoms with Crippen molar-refractivity contribution >= 4 is 29.7 Å². The van der Waals surface area contributed by atoms with Crippen LogP contribution in [0.2, 0.25) is 0 Å². The van der Waals surface area contributed by atoms with Crippen molar-refractivity contribution in [2.75, 3.05) is 7.11 Å². The van der Waals surface area contributed by atoms with Gasteiger partial charge in [0, 0.05) is 18.3 Å². The van der Waals surface area contributed by atoms with Crippen LogP contribution in [0.4, 0.5) is 4.79 Å². The summed E-state index contributed by atoms with van der Waals surface area (Å²) in [5.74, 6) is -3.13. The van der Waals surface area contributed by atoms with E-state index in [2.05, 4.69) is 16.0 Å². The first kappa shape index (κ1) is 37.0. The molecule has 0 bridgehead atoms. The van der Waals surface area contributed by atoms with Gasteiger partial charge in [-0.15, -0.1) is 0 Å². The van der Waals surface area contributed by atoms with Gasteiger partial charge in [0.2, 0.25) is 11.8 Å². The molecule has 1 aliphatic rings. The minimum atomic E-state index is -0.908. The molecule has 0 aromatic heterocycles. The summed E-state index contributed by atoms with van der Waals surface area (Å²) >= 11 is 0. The van der Waals surface area contributed by atoms with Crippen LogP contribution < -0.4 is 16.0 Å². The highest BCUT2D eigenvalue weighted by Crippen LogP contribution is 2.30. The molecule has 47 heavy (non-hydrogen) atoms. The third-order valence-electron chi connectivity index (χ3n) is 8.48. The minimum Gasteiger partial charge on any atom is -0.467 e. The molecule has 3 rings (SSSR count). The van der Waals surface area contributed by atoms with Crippen LogP contribution in [0.5, 0.6) is 0 Å². The fourth-order valence-electron chi connectivity index (χ4n) is 5.69. The van der Waals surface area contributed by atoms with Gasteiger partial charge in [0.25, 0.3) is 0 Å². The zero-order valence-electron chi connectivity index (χ0n) is 28.3. The molecule has 0 saturated carbocycles. The molecular formula is C37H49N3O7. The Balaban J connectivity index is 1.72. The van der Waals surface area contributed by atoms with Crippen LogP contribution >= 0.6 is 0 Å². The van der Waals surface area contributed by atoms with Crippen molar-refractivity contribution in [3.8, 4) is 0 Å². The van der Waals surface area contributed by atoms with Gasteiger partial charge in [0.1, 0.15) is 24.5 Å². The van der Waals surface area contributed by atoms with Crippen LogP contribution in [0.15, 0.2) is 72.3 Å². The Morgan fingerprint density at radius 2 is 1.40 bits per heavy atom. The van der Waals surface area contributed by atoms with Crippen LogP contribution in [0.1, 0.15) is 65.0 Å². The van der Waals surface area contributed by atoms with Gasteiger partial charge in [0.05, 0.1) is 13.2 Å². The molecule has 0 radical (unpaired) electrons. The van der Waals surface area contributed by atoms with Crippen molar-refractivity contribution in [1.82, 2.24) is 16.0 Å². The van der Waals surface area contributed by atoms with E-state index >= 15 is 0 Å². The monoisotopic (exact) mass is 647 g/mol. The average molecular weight is 648 g/mol. The van der Waals surface area contributed by atoms with E-state index in [1.165, 1.54) is 7.11 Å². The van der Waals surface area contributed by atoms with Crippen LogP contribution in [0.3, 0.4) is 0 Å². The maximum absolute atomic E-state index is 13.9. The summed E-state index contributed by atoms with van der Waals surface area (Å²) in [6, 6.07) is 16.9. The summed E-state index contributed by atoms with van der Waals surface area (Å²) in [7, 11) is 1.26. The lowest BCUT2D eigenvalue weighted by Gasteiger charge is -2.27. The molecule has 1 aliphatic carbocycles. The molecule has 2 aromatic rings. The predicted molar refractivity (Wildman–Crippen MR) is 179 cm³/mol. The van der Waals surface area contributed by atoms with Crippen LogP contribution in [0.25, 0.3) is 0 Å². The van der Waals surface area contributed by atoms with Gasteiger partial charge < -0.3 is 25.4 Å². The Labute approximate surface area is 278 Å². The summed E-state index contributed by atoms with van der Waals surface area (Å²) in [4.78, 5) is 65.4. The number of hydrogen-bond donors (Lipinski definition) is 3. The van der Waals surface area contributed by atoms with Crippen molar-refractivity contribution in [3.05, 3.63) is 83.4 Å². The second-order valence-electron chi connectivity index (χ2n) is 12.9. The minimum absolute atomic E-state index is 0.0611. The molecular weight excluding hydrogens is 598 g/mol. The van der Waals surface area contributed by atoms with E-state index in [9.17, 15) is 24.0 Å². The lowest BCUT2D eigenvalue weighted by atomic mass is 9.85. The highest BCUT2D eigenvalue weighted by atomic mass is 16.5. The normalized spacial score (nSPS) is 18.3. The Morgan fingerprint density at radius 1 is 0.809 bits per heavy atom. The highest BCUT2D eigenvalue weighted by molar-refractivity contribution is 5.93. The van der Waals surface area contributed by atoms with Gasteiger partial charge in [-0.05, 0) is 49.1 Å². The van der Waals surface area contributed by atoms with E-state index in [0.717, 1.165) is 16.7 Å². The Morgan fingerprint density at radius 3 is 1.98 bits per heavy atom. The summed E-state index contributed by atoms with van der Waals surface area (Å²) in [6.07, 6.45) is 2.64. The van der Waals surface area contributed by atoms with E-state index in [4.69, 9.17) is 9.47 Å². The largest absolute Gasteiger partial charge is 0.467 e. The number of ether oxygens (including phenoxy) is 2. The highest BCUT2D eigenvalue weighted by Gasteiger charge is 2.35. The van der Waals surface area contributed by atoms with E-state index in [1.807, 2.05) is 73.7 Å². The SMILES string of the molecule is COC(=O)[C@@H](NC(=O)[C@@H](NC(=O)CC1CCC([C@H](C)NC(=O)OCc2ccccc2)=CC(Cc2ccccc2)C1=O)C(C)C)C(C)C. The molecule has 3 N–H and O–H groups in total. The topological polar surface area (TPSA) is 140 Å². The lowest BCUT2D eigenvalue weighted by molar-refractivity contribution is -0.147. The van der Waals surface area contributed by atoms with Gasteiger partial charge in [-0.1, -0.05) is 100 Å². The average Bonchev–Trinajstić information content (AvgIpc) is 3.20. The first-order valence-corrected chi connectivity index (χ1v) is 16.3. The second kappa shape index (κ2) is 18.0. The first-order chi connectivity index (χ1) is 22.4. The number of methoxy groups -OCH3 is 1. The standard InChI is InChI=1S/C37H49N3O7/c1-23(2)32(35(43)40-33(24(3)4)36(44)46-6)39-31(41)21-29-18-17-28(20-30(34(29)42)19-26-13-9-7-10-14-26)25(5)38-37(45)47-22-27-15-11-8-12-16-27/h7-16,20,23-25,29-30,32-33H,17-19,21-22H2,1-6H3,(H,38,45)(H,39,41)(H,40,43)/t25-,29?,30?,32-,33-/m0/s1. The number of benzene rings is 2. The fourth-order valence-corrected chi connectivity index (χ4v) is 5.69. The van der Waals surface area contributed by atoms with Gasteiger partial charge in [-0.3, -0.25) is 14.4 Å². The number of alkyl carbamates (subject to hydrolysis) is 1. The number of Topliss-reactive ketones (excluding diaryl/α,β-unsaturated/α-hetero) is 1. The van der Waals surface area contributed by atoms with E-state index < -0.39 is 53.8 Å². The molecule has 5 atom stereocenters. The Kier molecular flexibility index (Phi) is 14.2. The van der Waals surface area contributed by atoms with Crippen LogP contribution in [-0.4, -0.2) is 54.9 Å². The summed E-state index contributed by atoms with van der Waals surface area (Å²) in [6.45, 7) is 9.18. The van der Waals surface area contributed by atoms with Gasteiger partial charge in [-0.25, -0.2) is 9.59 Å². The molecule has 10 nitrogen and oxygen atoms in total. The van der Waals surface area contributed by atoms with Crippen molar-refractivity contribution < 1.29 is 33.4 Å². The molecule has 0 aliphatic heterocycles. The lowest BCUT2D eigenvalue weighted by Crippen LogP contribution is -2.55. The maximum Gasteiger partial charge on any atom is 0.407 e.